The maximum Gasteiger partial charge on any atom is 0.573 e. The third kappa shape index (κ3) is 6.31. The summed E-state index contributed by atoms with van der Waals surface area (Å²) >= 11 is 1.43. The number of halogens is 3. The maximum absolute atomic E-state index is 12.4. The van der Waals surface area contributed by atoms with Gasteiger partial charge < -0.3 is 20.7 Å². The molecule has 3 heterocycles. The zero-order valence-electron chi connectivity index (χ0n) is 17.4. The van der Waals surface area contributed by atoms with E-state index in [0.29, 0.717) is 22.4 Å². The van der Waals surface area contributed by atoms with Gasteiger partial charge >= 0.3 is 6.36 Å². The Labute approximate surface area is 191 Å². The molecule has 4 rings (SSSR count). The molecule has 0 spiro atoms. The van der Waals surface area contributed by atoms with E-state index in [9.17, 15) is 18.0 Å². The summed E-state index contributed by atoms with van der Waals surface area (Å²) in [6.07, 6.45) is -1.33. The molecule has 0 bridgehead atoms. The Morgan fingerprint density at radius 1 is 1.21 bits per heavy atom. The molecule has 3 aromatic rings. The minimum absolute atomic E-state index is 0.109. The molecule has 1 aliphatic heterocycles. The Kier molecular flexibility index (Phi) is 6.63. The van der Waals surface area contributed by atoms with Crippen molar-refractivity contribution in [1.29, 1.82) is 0 Å². The van der Waals surface area contributed by atoms with E-state index in [0.717, 1.165) is 36.6 Å². The normalized spacial score (nSPS) is 14.8. The predicted molar refractivity (Wildman–Crippen MR) is 118 cm³/mol. The zero-order valence-corrected chi connectivity index (χ0v) is 18.2. The summed E-state index contributed by atoms with van der Waals surface area (Å²) in [5.41, 5.74) is 7.01. The smallest absolute Gasteiger partial charge is 0.406 e. The summed E-state index contributed by atoms with van der Waals surface area (Å²) in [5, 5.41) is 12.1. The number of benzene rings is 1. The number of aromatic nitrogens is 3. The lowest BCUT2D eigenvalue weighted by Gasteiger charge is -2.32. The van der Waals surface area contributed by atoms with Crippen molar-refractivity contribution in [2.24, 2.45) is 0 Å². The average Bonchev–Trinajstić information content (AvgIpc) is 3.20. The number of alkyl halides is 3. The number of amides is 1. The average molecular weight is 479 g/mol. The van der Waals surface area contributed by atoms with Gasteiger partial charge in [-0.15, -0.1) is 23.4 Å². The van der Waals surface area contributed by atoms with Gasteiger partial charge in [-0.05, 0) is 42.7 Å². The van der Waals surface area contributed by atoms with Crippen molar-refractivity contribution < 1.29 is 22.7 Å². The van der Waals surface area contributed by atoms with Gasteiger partial charge in [0, 0.05) is 19.0 Å². The van der Waals surface area contributed by atoms with Crippen LogP contribution in [0.4, 0.5) is 29.8 Å². The van der Waals surface area contributed by atoms with Gasteiger partial charge in [-0.2, -0.15) is 0 Å². The lowest BCUT2D eigenvalue weighted by Crippen LogP contribution is -2.32. The molecule has 0 unspecified atom stereocenters. The highest BCUT2D eigenvalue weighted by Gasteiger charge is 2.31. The molecule has 3 N–H and O–H groups in total. The molecule has 1 aromatic carbocycles. The number of nitrogens with two attached hydrogens (primary N) is 1. The Bertz CT molecular complexity index is 1100. The topological polar surface area (TPSA) is 106 Å². The van der Waals surface area contributed by atoms with Gasteiger partial charge in [-0.1, -0.05) is 23.5 Å². The minimum atomic E-state index is -4.78. The van der Waals surface area contributed by atoms with Crippen molar-refractivity contribution in [3.8, 4) is 5.75 Å². The van der Waals surface area contributed by atoms with Crippen LogP contribution in [0.25, 0.3) is 0 Å². The van der Waals surface area contributed by atoms with Crippen LogP contribution in [0.1, 0.15) is 29.3 Å². The molecule has 0 saturated carbocycles. The summed E-state index contributed by atoms with van der Waals surface area (Å²) in [6.45, 7) is 1.68. The maximum atomic E-state index is 12.4. The first kappa shape index (κ1) is 22.8. The van der Waals surface area contributed by atoms with Crippen LogP contribution in [0.5, 0.6) is 5.75 Å². The van der Waals surface area contributed by atoms with E-state index in [1.165, 1.54) is 29.5 Å². The largest absolute Gasteiger partial charge is 0.573 e. The van der Waals surface area contributed by atoms with E-state index in [4.69, 9.17) is 5.73 Å². The van der Waals surface area contributed by atoms with Crippen molar-refractivity contribution in [2.75, 3.05) is 29.0 Å². The molecule has 174 valence electrons. The first-order chi connectivity index (χ1) is 15.7. The monoisotopic (exact) mass is 478 g/mol. The number of rotatable bonds is 6. The van der Waals surface area contributed by atoms with E-state index in [-0.39, 0.29) is 12.2 Å². The second kappa shape index (κ2) is 9.61. The second-order valence-electron chi connectivity index (χ2n) is 7.56. The second-order valence-corrected chi connectivity index (χ2v) is 8.60. The Hall–Kier alpha value is -3.41. The number of pyridine rings is 1. The van der Waals surface area contributed by atoms with Crippen LogP contribution in [-0.4, -0.2) is 40.5 Å². The Morgan fingerprint density at radius 2 is 2.00 bits per heavy atom. The van der Waals surface area contributed by atoms with E-state index >= 15 is 0 Å². The number of nitrogens with zero attached hydrogens (tertiary/aromatic N) is 4. The molecule has 0 radical (unpaired) electrons. The lowest BCUT2D eigenvalue weighted by atomic mass is 9.97. The summed E-state index contributed by atoms with van der Waals surface area (Å²) in [5.74, 6) is -0.0431. The highest BCUT2D eigenvalue weighted by Crippen LogP contribution is 2.32. The molecule has 8 nitrogen and oxygen atoms in total. The molecule has 1 aliphatic rings. The molecular weight excluding hydrogens is 457 g/mol. The highest BCUT2D eigenvalue weighted by molar-refractivity contribution is 7.15. The fourth-order valence-electron chi connectivity index (χ4n) is 3.67. The van der Waals surface area contributed by atoms with Crippen molar-refractivity contribution >= 4 is 33.9 Å². The number of carbonyl (C=O) groups is 1. The van der Waals surface area contributed by atoms with Crippen molar-refractivity contribution in [3.63, 3.8) is 0 Å². The molecular formula is C21H21F3N6O2S. The fourth-order valence-corrected chi connectivity index (χ4v) is 4.45. The third-order valence-electron chi connectivity index (χ3n) is 5.18. The number of piperidine rings is 1. The van der Waals surface area contributed by atoms with Crippen LogP contribution < -0.4 is 20.7 Å². The third-order valence-corrected chi connectivity index (χ3v) is 6.09. The number of nitrogen functional groups attached to an aromatic ring is 1. The van der Waals surface area contributed by atoms with E-state index in [1.807, 2.05) is 6.07 Å². The van der Waals surface area contributed by atoms with E-state index in [1.54, 1.807) is 18.3 Å². The number of carbonyl (C=O) groups excluding carboxylic acids is 1. The Morgan fingerprint density at radius 3 is 2.64 bits per heavy atom. The zero-order chi connectivity index (χ0) is 23.4. The summed E-state index contributed by atoms with van der Waals surface area (Å²) in [7, 11) is 0. The van der Waals surface area contributed by atoms with Crippen LogP contribution in [0, 0.1) is 0 Å². The molecule has 2 aromatic heterocycles. The number of hydrogen-bond donors (Lipinski definition) is 2. The molecule has 0 aliphatic carbocycles. The van der Waals surface area contributed by atoms with Crippen LogP contribution in [-0.2, 0) is 11.2 Å². The molecule has 1 amide bonds. The number of hydrogen-bond acceptors (Lipinski definition) is 8. The standard InChI is InChI=1S/C21H21F3N6O2S/c22-21(23,24)32-16-3-1-2-13(10-16)11-18(31)27-17-5-4-15(12-26-17)30-8-6-14(7-9-30)19-28-29-20(25)33-19/h1-5,10,12,14H,6-9,11H2,(H2,25,29)(H,26,27,31). The highest BCUT2D eigenvalue weighted by atomic mass is 32.1. The number of ether oxygens (including phenoxy) is 1. The van der Waals surface area contributed by atoms with Gasteiger partial charge in [0.25, 0.3) is 0 Å². The van der Waals surface area contributed by atoms with Gasteiger partial charge in [0.1, 0.15) is 16.6 Å². The van der Waals surface area contributed by atoms with Crippen LogP contribution in [0.3, 0.4) is 0 Å². The molecule has 12 heteroatoms. The summed E-state index contributed by atoms with van der Waals surface area (Å²) in [6, 6.07) is 8.90. The molecule has 1 fully saturated rings. The quantitative estimate of drug-likeness (QED) is 0.552. The van der Waals surface area contributed by atoms with Crippen molar-refractivity contribution in [1.82, 2.24) is 15.2 Å². The Balaban J connectivity index is 1.29. The molecule has 33 heavy (non-hydrogen) atoms. The first-order valence-electron chi connectivity index (χ1n) is 10.2. The van der Waals surface area contributed by atoms with Gasteiger partial charge in [-0.3, -0.25) is 4.79 Å². The SMILES string of the molecule is Nc1nnc(C2CCN(c3ccc(NC(=O)Cc4cccc(OC(F)(F)F)c4)nc3)CC2)s1. The molecule has 1 saturated heterocycles. The predicted octanol–water partition coefficient (Wildman–Crippen LogP) is 3.98. The summed E-state index contributed by atoms with van der Waals surface area (Å²) < 4.78 is 41.0. The first-order valence-corrected chi connectivity index (χ1v) is 11.0. The van der Waals surface area contributed by atoms with Gasteiger partial charge in [-0.25, -0.2) is 4.98 Å². The lowest BCUT2D eigenvalue weighted by molar-refractivity contribution is -0.274. The van der Waals surface area contributed by atoms with E-state index in [2.05, 4.69) is 30.1 Å². The van der Waals surface area contributed by atoms with Gasteiger partial charge in [0.05, 0.1) is 18.3 Å². The summed E-state index contributed by atoms with van der Waals surface area (Å²) in [4.78, 5) is 18.8. The molecule has 0 atom stereocenters. The van der Waals surface area contributed by atoms with Gasteiger partial charge in [0.15, 0.2) is 0 Å². The van der Waals surface area contributed by atoms with Crippen molar-refractivity contribution in [2.45, 2.75) is 31.5 Å². The van der Waals surface area contributed by atoms with Crippen LogP contribution in [0.15, 0.2) is 42.6 Å². The number of anilines is 3. The number of nitrogens with one attached hydrogen (secondary N) is 1. The minimum Gasteiger partial charge on any atom is -0.406 e. The fraction of sp³-hybridized carbons (Fsp3) is 0.333. The van der Waals surface area contributed by atoms with Crippen molar-refractivity contribution in [3.05, 3.63) is 53.2 Å². The van der Waals surface area contributed by atoms with E-state index < -0.39 is 12.3 Å². The van der Waals surface area contributed by atoms with Crippen LogP contribution in [0.2, 0.25) is 0 Å². The van der Waals surface area contributed by atoms with Gasteiger partial charge in [0.2, 0.25) is 11.0 Å². The van der Waals surface area contributed by atoms with Crippen LogP contribution >= 0.6 is 11.3 Å².